The maximum absolute atomic E-state index is 5.84. The summed E-state index contributed by atoms with van der Waals surface area (Å²) in [6, 6.07) is 0. The Morgan fingerprint density at radius 2 is 1.93 bits per heavy atom. The monoisotopic (exact) mass is 216 g/mol. The van der Waals surface area contributed by atoms with E-state index in [1.54, 1.807) is 0 Å². The summed E-state index contributed by atoms with van der Waals surface area (Å²) in [7, 11) is 0. The Morgan fingerprint density at radius 1 is 1.21 bits per heavy atom. The fourth-order valence-corrected chi connectivity index (χ4v) is 2.66. The number of rotatable bonds is 4. The fourth-order valence-electron chi connectivity index (χ4n) is 2.25. The van der Waals surface area contributed by atoms with E-state index >= 15 is 0 Å². The zero-order valence-corrected chi connectivity index (χ0v) is 9.60. The third kappa shape index (κ3) is 2.44. The highest BCUT2D eigenvalue weighted by molar-refractivity contribution is 7.80. The zero-order valence-electron chi connectivity index (χ0n) is 8.71. The number of thiol groups is 1. The van der Waals surface area contributed by atoms with Crippen LogP contribution in [0.3, 0.4) is 0 Å². The van der Waals surface area contributed by atoms with Crippen LogP contribution in [0.1, 0.15) is 32.1 Å². The molecule has 1 saturated carbocycles. The Morgan fingerprint density at radius 3 is 2.43 bits per heavy atom. The molecule has 0 aromatic heterocycles. The largest absolute Gasteiger partial charge is 0.376 e. The Labute approximate surface area is 91.8 Å². The van der Waals surface area contributed by atoms with Crippen molar-refractivity contribution >= 4 is 12.6 Å². The highest BCUT2D eigenvalue weighted by Crippen LogP contribution is 2.37. The van der Waals surface area contributed by atoms with E-state index in [-0.39, 0.29) is 0 Å². The van der Waals surface area contributed by atoms with Gasteiger partial charge < -0.3 is 9.47 Å². The maximum atomic E-state index is 5.84. The van der Waals surface area contributed by atoms with Gasteiger partial charge in [0, 0.05) is 5.41 Å². The van der Waals surface area contributed by atoms with Crippen molar-refractivity contribution in [3.63, 3.8) is 0 Å². The second-order valence-corrected chi connectivity index (χ2v) is 5.01. The lowest BCUT2D eigenvalue weighted by atomic mass is 9.76. The molecule has 2 rings (SSSR count). The van der Waals surface area contributed by atoms with Gasteiger partial charge in [-0.1, -0.05) is 19.3 Å². The first kappa shape index (κ1) is 10.8. The van der Waals surface area contributed by atoms with Crippen molar-refractivity contribution in [3.8, 4) is 0 Å². The van der Waals surface area contributed by atoms with Gasteiger partial charge in [0.1, 0.15) is 6.10 Å². The van der Waals surface area contributed by atoms with E-state index in [1.807, 2.05) is 0 Å². The lowest BCUT2D eigenvalue weighted by molar-refractivity contribution is -0.147. The second-order valence-electron chi connectivity index (χ2n) is 4.69. The first-order chi connectivity index (χ1) is 6.85. The fraction of sp³-hybridized carbons (Fsp3) is 1.00. The standard InChI is InChI=1S/C11H20O2S/c14-9-11(4-2-1-3-5-11)8-13-10-6-12-7-10/h10,14H,1-9H2. The van der Waals surface area contributed by atoms with Crippen LogP contribution in [-0.2, 0) is 9.47 Å². The van der Waals surface area contributed by atoms with E-state index in [9.17, 15) is 0 Å². The normalized spacial score (nSPS) is 27.2. The van der Waals surface area contributed by atoms with Crippen molar-refractivity contribution in [2.24, 2.45) is 5.41 Å². The summed E-state index contributed by atoms with van der Waals surface area (Å²) >= 11 is 4.49. The maximum Gasteiger partial charge on any atom is 0.104 e. The van der Waals surface area contributed by atoms with Gasteiger partial charge in [-0.2, -0.15) is 12.6 Å². The molecular weight excluding hydrogens is 196 g/mol. The van der Waals surface area contributed by atoms with Crippen molar-refractivity contribution in [2.45, 2.75) is 38.2 Å². The van der Waals surface area contributed by atoms with E-state index in [2.05, 4.69) is 12.6 Å². The van der Waals surface area contributed by atoms with Crippen LogP contribution in [0.4, 0.5) is 0 Å². The molecule has 0 bridgehead atoms. The molecule has 0 radical (unpaired) electrons. The molecule has 3 heteroatoms. The minimum atomic E-state index is 0.369. The summed E-state index contributed by atoms with van der Waals surface area (Å²) < 4.78 is 10.9. The SMILES string of the molecule is SCC1(COC2COC2)CCCCC1. The van der Waals surface area contributed by atoms with Gasteiger partial charge in [-0.25, -0.2) is 0 Å². The van der Waals surface area contributed by atoms with Crippen molar-refractivity contribution in [1.29, 1.82) is 0 Å². The van der Waals surface area contributed by atoms with Gasteiger partial charge in [-0.05, 0) is 18.6 Å². The molecule has 0 N–H and O–H groups in total. The quantitative estimate of drug-likeness (QED) is 0.727. The van der Waals surface area contributed by atoms with Crippen LogP contribution < -0.4 is 0 Å². The molecule has 0 unspecified atom stereocenters. The Kier molecular flexibility index (Phi) is 3.74. The molecule has 2 aliphatic rings. The summed E-state index contributed by atoms with van der Waals surface area (Å²) in [6.07, 6.45) is 7.06. The highest BCUT2D eigenvalue weighted by Gasteiger charge is 2.32. The van der Waals surface area contributed by atoms with Crippen molar-refractivity contribution in [1.82, 2.24) is 0 Å². The minimum absolute atomic E-state index is 0.369. The first-order valence-electron chi connectivity index (χ1n) is 5.65. The van der Waals surface area contributed by atoms with Gasteiger partial charge in [0.15, 0.2) is 0 Å². The molecule has 0 spiro atoms. The average molecular weight is 216 g/mol. The first-order valence-corrected chi connectivity index (χ1v) is 6.28. The van der Waals surface area contributed by atoms with Gasteiger partial charge >= 0.3 is 0 Å². The van der Waals surface area contributed by atoms with Gasteiger partial charge in [0.25, 0.3) is 0 Å². The lowest BCUT2D eigenvalue weighted by Gasteiger charge is -2.38. The topological polar surface area (TPSA) is 18.5 Å². The van der Waals surface area contributed by atoms with Gasteiger partial charge in [0.05, 0.1) is 19.8 Å². The van der Waals surface area contributed by atoms with Gasteiger partial charge in [-0.3, -0.25) is 0 Å². The van der Waals surface area contributed by atoms with Crippen LogP contribution in [-0.4, -0.2) is 31.7 Å². The van der Waals surface area contributed by atoms with E-state index < -0.39 is 0 Å². The van der Waals surface area contributed by atoms with Crippen LogP contribution in [0.2, 0.25) is 0 Å². The minimum Gasteiger partial charge on any atom is -0.376 e. The molecule has 2 nitrogen and oxygen atoms in total. The van der Waals surface area contributed by atoms with Crippen molar-refractivity contribution in [3.05, 3.63) is 0 Å². The molecule has 0 aromatic rings. The summed E-state index contributed by atoms with van der Waals surface area (Å²) in [4.78, 5) is 0. The summed E-state index contributed by atoms with van der Waals surface area (Å²) in [5, 5.41) is 0. The molecule has 0 atom stereocenters. The molecular formula is C11H20O2S. The Balaban J connectivity index is 1.77. The third-order valence-corrected chi connectivity index (χ3v) is 4.15. The predicted octanol–water partition coefficient (Wildman–Crippen LogP) is 2.28. The van der Waals surface area contributed by atoms with E-state index in [0.717, 1.165) is 25.6 Å². The molecule has 1 saturated heterocycles. The molecule has 1 aliphatic carbocycles. The summed E-state index contributed by atoms with van der Waals surface area (Å²) in [6.45, 7) is 2.48. The molecule has 1 aliphatic heterocycles. The van der Waals surface area contributed by atoms with Crippen LogP contribution in [0.15, 0.2) is 0 Å². The second kappa shape index (κ2) is 4.86. The number of ether oxygens (including phenoxy) is 2. The van der Waals surface area contributed by atoms with E-state index in [4.69, 9.17) is 9.47 Å². The summed E-state index contributed by atoms with van der Waals surface area (Å²) in [5.74, 6) is 0.973. The van der Waals surface area contributed by atoms with Gasteiger partial charge in [-0.15, -0.1) is 0 Å². The van der Waals surface area contributed by atoms with Crippen LogP contribution in [0.5, 0.6) is 0 Å². The molecule has 0 aromatic carbocycles. The molecule has 0 amide bonds. The molecule has 82 valence electrons. The van der Waals surface area contributed by atoms with Crippen molar-refractivity contribution < 1.29 is 9.47 Å². The van der Waals surface area contributed by atoms with Crippen LogP contribution in [0, 0.1) is 5.41 Å². The van der Waals surface area contributed by atoms with Crippen LogP contribution >= 0.6 is 12.6 Å². The van der Waals surface area contributed by atoms with Crippen LogP contribution in [0.25, 0.3) is 0 Å². The number of hydrogen-bond donors (Lipinski definition) is 1. The summed E-state index contributed by atoms with van der Waals surface area (Å²) in [5.41, 5.74) is 0.372. The lowest BCUT2D eigenvalue weighted by Crippen LogP contribution is -2.41. The smallest absolute Gasteiger partial charge is 0.104 e. The van der Waals surface area contributed by atoms with Crippen molar-refractivity contribution in [2.75, 3.05) is 25.6 Å². The predicted molar refractivity (Wildman–Crippen MR) is 59.9 cm³/mol. The molecule has 2 fully saturated rings. The molecule has 14 heavy (non-hydrogen) atoms. The van der Waals surface area contributed by atoms with E-state index in [1.165, 1.54) is 32.1 Å². The Bertz CT molecular complexity index is 174. The average Bonchev–Trinajstić information content (AvgIpc) is 2.17. The highest BCUT2D eigenvalue weighted by atomic mass is 32.1. The third-order valence-electron chi connectivity index (χ3n) is 3.48. The zero-order chi connectivity index (χ0) is 9.86. The Hall–Kier alpha value is 0.270. The number of hydrogen-bond acceptors (Lipinski definition) is 3. The van der Waals surface area contributed by atoms with E-state index in [0.29, 0.717) is 11.5 Å². The molecule has 1 heterocycles. The van der Waals surface area contributed by atoms with Gasteiger partial charge in [0.2, 0.25) is 0 Å².